The van der Waals surface area contributed by atoms with Crippen LogP contribution in [0.25, 0.3) is 0 Å². The van der Waals surface area contributed by atoms with E-state index in [-0.39, 0.29) is 17.1 Å². The number of hydrogen-bond donors (Lipinski definition) is 1. The Morgan fingerprint density at radius 3 is 2.60 bits per heavy atom. The first kappa shape index (κ1) is 15.5. The molecule has 0 heterocycles. The lowest BCUT2D eigenvalue weighted by Gasteiger charge is -2.01. The summed E-state index contributed by atoms with van der Waals surface area (Å²) >= 11 is 0. The first-order valence-corrected chi connectivity index (χ1v) is 6.26. The molecule has 8 heteroatoms. The minimum atomic E-state index is -0.679. The van der Waals surface area contributed by atoms with Gasteiger partial charge in [0, 0.05) is 12.3 Å². The Labute approximate surface area is 115 Å². The molecule has 0 radical (unpaired) electrons. The number of rotatable bonds is 8. The SMILES string of the molecule is CCCCC/C=N/Nc1ccc([N+](=O)[O-])cc1[N+](=O)[O-]. The molecule has 0 unspecified atom stereocenters. The largest absolute Gasteiger partial charge is 0.301 e. The van der Waals surface area contributed by atoms with Gasteiger partial charge < -0.3 is 0 Å². The molecule has 1 aromatic carbocycles. The predicted octanol–water partition coefficient (Wildman–Crippen LogP) is 3.48. The van der Waals surface area contributed by atoms with Crippen molar-refractivity contribution in [3.05, 3.63) is 38.4 Å². The van der Waals surface area contributed by atoms with Crippen molar-refractivity contribution >= 4 is 23.3 Å². The molecule has 0 saturated carbocycles. The molecule has 1 N–H and O–H groups in total. The molecule has 0 atom stereocenters. The molecule has 0 spiro atoms. The third kappa shape index (κ3) is 4.63. The fourth-order valence-electron chi connectivity index (χ4n) is 1.54. The van der Waals surface area contributed by atoms with Gasteiger partial charge in [0.25, 0.3) is 5.69 Å². The molecular formula is C12H16N4O4. The number of hydrogen-bond acceptors (Lipinski definition) is 6. The fourth-order valence-corrected chi connectivity index (χ4v) is 1.54. The molecule has 20 heavy (non-hydrogen) atoms. The van der Waals surface area contributed by atoms with Gasteiger partial charge in [0.05, 0.1) is 15.9 Å². The number of nitro benzene ring substituents is 2. The van der Waals surface area contributed by atoms with Crippen LogP contribution < -0.4 is 5.43 Å². The van der Waals surface area contributed by atoms with Crippen molar-refractivity contribution in [3.63, 3.8) is 0 Å². The zero-order valence-corrected chi connectivity index (χ0v) is 11.1. The first-order chi connectivity index (χ1) is 9.56. The Kier molecular flexibility index (Phi) is 6.08. The Morgan fingerprint density at radius 2 is 2.00 bits per heavy atom. The summed E-state index contributed by atoms with van der Waals surface area (Å²) in [5, 5.41) is 25.3. The number of nitrogens with one attached hydrogen (secondary N) is 1. The molecule has 108 valence electrons. The van der Waals surface area contributed by atoms with E-state index in [0.717, 1.165) is 31.7 Å². The zero-order chi connectivity index (χ0) is 15.0. The molecule has 0 aliphatic heterocycles. The van der Waals surface area contributed by atoms with Gasteiger partial charge >= 0.3 is 5.69 Å². The van der Waals surface area contributed by atoms with Crippen LogP contribution in [-0.2, 0) is 0 Å². The molecule has 0 bridgehead atoms. The highest BCUT2D eigenvalue weighted by atomic mass is 16.6. The third-order valence-electron chi connectivity index (χ3n) is 2.60. The quantitative estimate of drug-likeness (QED) is 0.339. The summed E-state index contributed by atoms with van der Waals surface area (Å²) in [6, 6.07) is 3.39. The van der Waals surface area contributed by atoms with Gasteiger partial charge in [0.2, 0.25) is 0 Å². The molecule has 0 fully saturated rings. The third-order valence-corrected chi connectivity index (χ3v) is 2.60. The van der Waals surface area contributed by atoms with E-state index < -0.39 is 9.85 Å². The summed E-state index contributed by atoms with van der Waals surface area (Å²) in [4.78, 5) is 20.1. The molecule has 0 saturated heterocycles. The lowest BCUT2D eigenvalue weighted by Crippen LogP contribution is -1.98. The van der Waals surface area contributed by atoms with Crippen LogP contribution in [0.4, 0.5) is 17.1 Å². The van der Waals surface area contributed by atoms with Crippen LogP contribution in [0.2, 0.25) is 0 Å². The van der Waals surface area contributed by atoms with E-state index in [4.69, 9.17) is 0 Å². The Hall–Kier alpha value is -2.51. The maximum Gasteiger partial charge on any atom is 0.301 e. The van der Waals surface area contributed by atoms with Crippen molar-refractivity contribution in [2.75, 3.05) is 5.43 Å². The van der Waals surface area contributed by atoms with Gasteiger partial charge in [-0.2, -0.15) is 5.10 Å². The van der Waals surface area contributed by atoms with Gasteiger partial charge in [0.1, 0.15) is 5.69 Å². The average molecular weight is 280 g/mol. The lowest BCUT2D eigenvalue weighted by atomic mass is 10.2. The summed E-state index contributed by atoms with van der Waals surface area (Å²) in [6.07, 6.45) is 5.63. The Morgan fingerprint density at radius 1 is 1.25 bits per heavy atom. The zero-order valence-electron chi connectivity index (χ0n) is 11.1. The molecule has 8 nitrogen and oxygen atoms in total. The molecule has 1 aromatic rings. The van der Waals surface area contributed by atoms with Crippen molar-refractivity contribution in [1.82, 2.24) is 0 Å². The van der Waals surface area contributed by atoms with Gasteiger partial charge in [0.15, 0.2) is 0 Å². The minimum absolute atomic E-state index is 0.132. The summed E-state index contributed by atoms with van der Waals surface area (Å²) in [5.41, 5.74) is 1.98. The second kappa shape index (κ2) is 7.82. The van der Waals surface area contributed by atoms with E-state index in [1.54, 1.807) is 6.21 Å². The van der Waals surface area contributed by atoms with Crippen LogP contribution in [0.3, 0.4) is 0 Å². The summed E-state index contributed by atoms with van der Waals surface area (Å²) in [5.74, 6) is 0. The monoisotopic (exact) mass is 280 g/mol. The number of nitro groups is 2. The van der Waals surface area contributed by atoms with Gasteiger partial charge in [-0.25, -0.2) is 0 Å². The molecule has 0 amide bonds. The molecule has 0 aromatic heterocycles. The number of non-ortho nitro benzene ring substituents is 1. The van der Waals surface area contributed by atoms with Crippen LogP contribution in [0.15, 0.2) is 23.3 Å². The first-order valence-electron chi connectivity index (χ1n) is 6.26. The van der Waals surface area contributed by atoms with E-state index in [1.165, 1.54) is 12.1 Å². The minimum Gasteiger partial charge on any atom is -0.272 e. The number of unbranched alkanes of at least 4 members (excludes halogenated alkanes) is 3. The highest BCUT2D eigenvalue weighted by Gasteiger charge is 2.18. The number of nitrogens with zero attached hydrogens (tertiary/aromatic N) is 3. The van der Waals surface area contributed by atoms with Crippen LogP contribution in [0, 0.1) is 20.2 Å². The smallest absolute Gasteiger partial charge is 0.272 e. The maximum atomic E-state index is 10.9. The maximum absolute atomic E-state index is 10.9. The highest BCUT2D eigenvalue weighted by molar-refractivity contribution is 5.67. The van der Waals surface area contributed by atoms with Crippen molar-refractivity contribution in [3.8, 4) is 0 Å². The predicted molar refractivity (Wildman–Crippen MR) is 76.0 cm³/mol. The van der Waals surface area contributed by atoms with Gasteiger partial charge in [-0.1, -0.05) is 19.8 Å². The van der Waals surface area contributed by atoms with E-state index >= 15 is 0 Å². The number of hydrazone groups is 1. The van der Waals surface area contributed by atoms with Gasteiger partial charge in [-0.3, -0.25) is 25.7 Å². The van der Waals surface area contributed by atoms with E-state index in [2.05, 4.69) is 17.5 Å². The topological polar surface area (TPSA) is 111 Å². The van der Waals surface area contributed by atoms with Gasteiger partial charge in [-0.05, 0) is 18.9 Å². The van der Waals surface area contributed by atoms with Crippen LogP contribution in [0.1, 0.15) is 32.6 Å². The van der Waals surface area contributed by atoms with E-state index in [0.29, 0.717) is 0 Å². The number of anilines is 1. The summed E-state index contributed by atoms with van der Waals surface area (Å²) < 4.78 is 0. The lowest BCUT2D eigenvalue weighted by molar-refractivity contribution is -0.393. The second-order valence-corrected chi connectivity index (χ2v) is 4.13. The number of benzene rings is 1. The Bertz CT molecular complexity index is 516. The highest BCUT2D eigenvalue weighted by Crippen LogP contribution is 2.28. The molecule has 0 aliphatic carbocycles. The van der Waals surface area contributed by atoms with Crippen LogP contribution in [-0.4, -0.2) is 16.1 Å². The van der Waals surface area contributed by atoms with E-state index in [9.17, 15) is 20.2 Å². The second-order valence-electron chi connectivity index (χ2n) is 4.13. The van der Waals surface area contributed by atoms with Crippen molar-refractivity contribution < 1.29 is 9.85 Å². The van der Waals surface area contributed by atoms with Crippen molar-refractivity contribution in [2.45, 2.75) is 32.6 Å². The van der Waals surface area contributed by atoms with E-state index in [1.807, 2.05) is 0 Å². The summed E-state index contributed by atoms with van der Waals surface area (Å²) in [7, 11) is 0. The fraction of sp³-hybridized carbons (Fsp3) is 0.417. The molecule has 0 aliphatic rings. The standard InChI is InChI=1S/C12H16N4O4/c1-2-3-4-5-8-13-14-11-7-6-10(15(17)18)9-12(11)16(19)20/h6-9,14H,2-5H2,1H3/b13-8+. The molecular weight excluding hydrogens is 264 g/mol. The normalized spacial score (nSPS) is 10.7. The Balaban J connectivity index is 2.74. The van der Waals surface area contributed by atoms with Crippen LogP contribution >= 0.6 is 0 Å². The van der Waals surface area contributed by atoms with Crippen LogP contribution in [0.5, 0.6) is 0 Å². The van der Waals surface area contributed by atoms with Crippen molar-refractivity contribution in [2.24, 2.45) is 5.10 Å². The van der Waals surface area contributed by atoms with Crippen molar-refractivity contribution in [1.29, 1.82) is 0 Å². The average Bonchev–Trinajstić information content (AvgIpc) is 2.42. The summed E-state index contributed by atoms with van der Waals surface area (Å²) in [6.45, 7) is 2.09. The molecule has 1 rings (SSSR count). The van der Waals surface area contributed by atoms with Gasteiger partial charge in [-0.15, -0.1) is 0 Å².